The normalized spacial score (nSPS) is 11.5. The Bertz CT molecular complexity index is 1050. The molecule has 0 amide bonds. The molecular weight excluding hydrogens is 386 g/mol. The first-order valence-corrected chi connectivity index (χ1v) is 10.3. The van der Waals surface area contributed by atoms with Crippen molar-refractivity contribution in [1.29, 1.82) is 0 Å². The van der Waals surface area contributed by atoms with Gasteiger partial charge in [-0.3, -0.25) is 4.79 Å². The van der Waals surface area contributed by atoms with E-state index in [0.29, 0.717) is 6.61 Å². The van der Waals surface area contributed by atoms with Gasteiger partial charge in [-0.1, -0.05) is 42.5 Å². The van der Waals surface area contributed by atoms with Gasteiger partial charge in [0.2, 0.25) is 0 Å². The van der Waals surface area contributed by atoms with E-state index in [1.54, 1.807) is 13.2 Å². The molecule has 0 aliphatic heterocycles. The molecule has 0 N–H and O–H groups in total. The highest BCUT2D eigenvalue weighted by atomic mass is 16.5. The third kappa shape index (κ3) is 5.62. The van der Waals surface area contributed by atoms with Crippen molar-refractivity contribution in [2.24, 2.45) is 0 Å². The number of aldehydes is 1. The van der Waals surface area contributed by atoms with E-state index in [1.165, 1.54) is 5.56 Å². The van der Waals surface area contributed by atoms with E-state index in [1.807, 2.05) is 56.6 Å². The fraction of sp³-hybridized carbons (Fsp3) is 0.222. The second-order valence-electron chi connectivity index (χ2n) is 7.62. The second-order valence-corrected chi connectivity index (χ2v) is 7.62. The van der Waals surface area contributed by atoms with Crippen LogP contribution in [0.3, 0.4) is 0 Å². The van der Waals surface area contributed by atoms with Crippen molar-refractivity contribution in [3.63, 3.8) is 0 Å². The van der Waals surface area contributed by atoms with Gasteiger partial charge in [0.15, 0.2) is 0 Å². The minimum atomic E-state index is 0.556. The van der Waals surface area contributed by atoms with Crippen LogP contribution in [0.5, 0.6) is 11.5 Å². The van der Waals surface area contributed by atoms with E-state index in [0.717, 1.165) is 52.2 Å². The number of carbonyl (C=O) groups is 1. The minimum Gasteiger partial charge on any atom is -0.497 e. The zero-order valence-electron chi connectivity index (χ0n) is 18.6. The Balaban J connectivity index is 2.11. The third-order valence-electron chi connectivity index (χ3n) is 5.16. The summed E-state index contributed by atoms with van der Waals surface area (Å²) in [6, 6.07) is 22.2. The molecule has 0 aliphatic carbocycles. The van der Waals surface area contributed by atoms with Gasteiger partial charge in [-0.05, 0) is 79.2 Å². The molecule has 0 saturated heterocycles. The number of aryl methyl sites for hydroxylation is 1. The lowest BCUT2D eigenvalue weighted by Crippen LogP contribution is -2.19. The van der Waals surface area contributed by atoms with Gasteiger partial charge >= 0.3 is 0 Å². The molecule has 31 heavy (non-hydrogen) atoms. The summed E-state index contributed by atoms with van der Waals surface area (Å²) in [4.78, 5) is 13.6. The molecule has 0 fully saturated rings. The molecule has 0 radical (unpaired) electrons. The van der Waals surface area contributed by atoms with Gasteiger partial charge in [0.25, 0.3) is 0 Å². The summed E-state index contributed by atoms with van der Waals surface area (Å²) in [7, 11) is 5.67. The van der Waals surface area contributed by atoms with Crippen LogP contribution in [0.15, 0.2) is 72.8 Å². The highest BCUT2D eigenvalue weighted by molar-refractivity contribution is 5.92. The Morgan fingerprint density at radius 1 is 1.00 bits per heavy atom. The van der Waals surface area contributed by atoms with E-state index >= 15 is 0 Å². The molecule has 0 unspecified atom stereocenters. The predicted molar refractivity (Wildman–Crippen MR) is 127 cm³/mol. The lowest BCUT2D eigenvalue weighted by molar-refractivity contribution is -0.104. The summed E-state index contributed by atoms with van der Waals surface area (Å²) in [5.41, 5.74) is 6.05. The molecule has 0 aromatic heterocycles. The summed E-state index contributed by atoms with van der Waals surface area (Å²) in [6.07, 6.45) is 2.42. The zero-order valence-corrected chi connectivity index (χ0v) is 18.6. The van der Waals surface area contributed by atoms with Crippen LogP contribution in [0.25, 0.3) is 16.7 Å². The average molecular weight is 416 g/mol. The molecule has 0 aliphatic rings. The first kappa shape index (κ1) is 22.3. The number of allylic oxidation sites excluding steroid dienone is 1. The number of methoxy groups -OCH3 is 1. The van der Waals surface area contributed by atoms with Crippen LogP contribution in [0.1, 0.15) is 16.7 Å². The van der Waals surface area contributed by atoms with Gasteiger partial charge in [0, 0.05) is 12.1 Å². The number of nitrogens with zero attached hydrogens (tertiary/aromatic N) is 1. The Hall–Kier alpha value is -3.37. The number of benzene rings is 3. The van der Waals surface area contributed by atoms with Crippen LogP contribution in [-0.2, 0) is 4.79 Å². The Kier molecular flexibility index (Phi) is 7.63. The molecule has 0 atom stereocenters. The molecule has 0 saturated carbocycles. The summed E-state index contributed by atoms with van der Waals surface area (Å²) in [6.45, 7) is 3.46. The van der Waals surface area contributed by atoms with E-state index in [2.05, 4.69) is 36.1 Å². The van der Waals surface area contributed by atoms with Crippen molar-refractivity contribution < 1.29 is 14.3 Å². The largest absolute Gasteiger partial charge is 0.497 e. The fourth-order valence-electron chi connectivity index (χ4n) is 3.45. The van der Waals surface area contributed by atoms with E-state index in [-0.39, 0.29) is 0 Å². The number of likely N-dealkylation sites (N-methyl/N-ethyl adjacent to an activating group) is 1. The molecule has 0 heterocycles. The maximum atomic E-state index is 11.6. The van der Waals surface area contributed by atoms with Crippen LogP contribution in [-0.4, -0.2) is 45.5 Å². The van der Waals surface area contributed by atoms with Crippen LogP contribution in [0.4, 0.5) is 0 Å². The number of hydrogen-bond donors (Lipinski definition) is 0. The van der Waals surface area contributed by atoms with Crippen molar-refractivity contribution in [2.75, 3.05) is 34.4 Å². The SMILES string of the molecule is COc1ccc(C(=CC=O)c2cc(-c3ccccc3C)ccc2OCCN(C)C)cc1. The maximum absolute atomic E-state index is 11.6. The van der Waals surface area contributed by atoms with Crippen LogP contribution in [0.2, 0.25) is 0 Å². The lowest BCUT2D eigenvalue weighted by atomic mass is 9.92. The monoisotopic (exact) mass is 415 g/mol. The van der Waals surface area contributed by atoms with Crippen molar-refractivity contribution in [3.8, 4) is 22.6 Å². The molecule has 0 spiro atoms. The average Bonchev–Trinajstić information content (AvgIpc) is 2.78. The quantitative estimate of drug-likeness (QED) is 0.354. The van der Waals surface area contributed by atoms with Crippen molar-refractivity contribution >= 4 is 11.9 Å². The molecule has 3 aromatic rings. The predicted octanol–water partition coefficient (Wildman–Crippen LogP) is 5.24. The van der Waals surface area contributed by atoms with E-state index in [9.17, 15) is 4.79 Å². The van der Waals surface area contributed by atoms with Crippen molar-refractivity contribution in [2.45, 2.75) is 6.92 Å². The molecular formula is C27H29NO3. The molecule has 3 aromatic carbocycles. The van der Waals surface area contributed by atoms with Crippen molar-refractivity contribution in [1.82, 2.24) is 4.90 Å². The van der Waals surface area contributed by atoms with Gasteiger partial charge in [-0.2, -0.15) is 0 Å². The van der Waals surface area contributed by atoms with Crippen LogP contribution >= 0.6 is 0 Å². The van der Waals surface area contributed by atoms with E-state index < -0.39 is 0 Å². The maximum Gasteiger partial charge on any atom is 0.143 e. The first-order valence-electron chi connectivity index (χ1n) is 10.3. The summed E-state index contributed by atoms with van der Waals surface area (Å²) >= 11 is 0. The molecule has 4 heteroatoms. The Morgan fingerprint density at radius 3 is 2.39 bits per heavy atom. The van der Waals surface area contributed by atoms with Gasteiger partial charge in [-0.25, -0.2) is 0 Å². The molecule has 0 bridgehead atoms. The topological polar surface area (TPSA) is 38.8 Å². The molecule has 4 nitrogen and oxygen atoms in total. The summed E-state index contributed by atoms with van der Waals surface area (Å²) < 4.78 is 11.4. The summed E-state index contributed by atoms with van der Waals surface area (Å²) in [5.74, 6) is 1.52. The fourth-order valence-corrected chi connectivity index (χ4v) is 3.45. The first-order chi connectivity index (χ1) is 15.0. The standard InChI is InChI=1S/C27H29NO3/c1-20-7-5-6-8-24(20)22-11-14-27(31-18-16-28(2)3)26(19-22)25(15-17-29)21-9-12-23(30-4)13-10-21/h5-15,17,19H,16,18H2,1-4H3. The van der Waals surface area contributed by atoms with Crippen LogP contribution < -0.4 is 9.47 Å². The number of hydrogen-bond acceptors (Lipinski definition) is 4. The molecule has 160 valence electrons. The lowest BCUT2D eigenvalue weighted by Gasteiger charge is -2.18. The number of ether oxygens (including phenoxy) is 2. The van der Waals surface area contributed by atoms with Gasteiger partial charge in [0.05, 0.1) is 7.11 Å². The second kappa shape index (κ2) is 10.6. The van der Waals surface area contributed by atoms with Crippen molar-refractivity contribution in [3.05, 3.63) is 89.5 Å². The van der Waals surface area contributed by atoms with Gasteiger partial charge < -0.3 is 14.4 Å². The Labute approximate surface area is 184 Å². The number of carbonyl (C=O) groups excluding carboxylic acids is 1. The highest BCUT2D eigenvalue weighted by Crippen LogP contribution is 2.36. The number of rotatable bonds is 9. The molecule has 3 rings (SSSR count). The zero-order chi connectivity index (χ0) is 22.2. The third-order valence-corrected chi connectivity index (χ3v) is 5.16. The van der Waals surface area contributed by atoms with Crippen LogP contribution in [0, 0.1) is 6.92 Å². The Morgan fingerprint density at radius 2 is 1.74 bits per heavy atom. The van der Waals surface area contributed by atoms with Gasteiger partial charge in [-0.15, -0.1) is 0 Å². The van der Waals surface area contributed by atoms with Gasteiger partial charge in [0.1, 0.15) is 24.4 Å². The minimum absolute atomic E-state index is 0.556. The highest BCUT2D eigenvalue weighted by Gasteiger charge is 2.14. The smallest absolute Gasteiger partial charge is 0.143 e. The van der Waals surface area contributed by atoms with E-state index in [4.69, 9.17) is 9.47 Å². The summed E-state index contributed by atoms with van der Waals surface area (Å²) in [5, 5.41) is 0.